The summed E-state index contributed by atoms with van der Waals surface area (Å²) in [5.74, 6) is 0. The molecule has 0 aromatic carbocycles. The number of rotatable bonds is 0. The molecule has 0 aromatic heterocycles. The average molecular weight is 399 g/mol. The third-order valence-corrected chi connectivity index (χ3v) is 3.45. The van der Waals surface area contributed by atoms with E-state index < -0.39 is 20.5 Å². The lowest BCUT2D eigenvalue weighted by Crippen LogP contribution is -2.68. The highest BCUT2D eigenvalue weighted by atomic mass is 35.7. The van der Waals surface area contributed by atoms with Crippen molar-refractivity contribution in [3.8, 4) is 0 Å². The summed E-state index contributed by atoms with van der Waals surface area (Å²) in [5, 5.41) is 0. The third-order valence-electron chi connectivity index (χ3n) is 3.45. The molecule has 0 radical (unpaired) electrons. The van der Waals surface area contributed by atoms with Gasteiger partial charge in [0.15, 0.2) is 0 Å². The molecular formula is C12H28Cl2N2O8. The first kappa shape index (κ1) is 26.4. The van der Waals surface area contributed by atoms with E-state index >= 15 is 0 Å². The van der Waals surface area contributed by atoms with Gasteiger partial charge in [0.25, 0.3) is 0 Å². The van der Waals surface area contributed by atoms with Crippen LogP contribution < -0.4 is 48.7 Å². The van der Waals surface area contributed by atoms with E-state index in [1.165, 1.54) is 64.2 Å². The molecule has 0 bridgehead atoms. The number of quaternary nitrogens is 2. The zero-order valence-electron chi connectivity index (χ0n) is 13.7. The summed E-state index contributed by atoms with van der Waals surface area (Å²) in [4.78, 5) is 0. The SMILES string of the molecule is [NH3+]C1CCCCC1.[NH3+]C1CCCCC1.[O-][Cl+3]([O-])([O-])[O-].[O-][Cl+3]([O-])([O-])[O-]. The molecule has 2 fully saturated rings. The minimum absolute atomic E-state index is 0.786. The number of hydrogen-bond donors (Lipinski definition) is 2. The zero-order chi connectivity index (χ0) is 19.2. The van der Waals surface area contributed by atoms with Crippen molar-refractivity contribution in [2.75, 3.05) is 0 Å². The van der Waals surface area contributed by atoms with E-state index in [1.54, 1.807) is 0 Å². The van der Waals surface area contributed by atoms with Gasteiger partial charge in [-0.2, -0.15) is 0 Å². The van der Waals surface area contributed by atoms with Crippen LogP contribution in [0.3, 0.4) is 0 Å². The summed E-state index contributed by atoms with van der Waals surface area (Å²) < 4.78 is 67.9. The summed E-state index contributed by atoms with van der Waals surface area (Å²) in [6.45, 7) is 0. The summed E-state index contributed by atoms with van der Waals surface area (Å²) in [5.41, 5.74) is 8.00. The van der Waals surface area contributed by atoms with Crippen LogP contribution in [0, 0.1) is 20.5 Å². The molecule has 12 heteroatoms. The normalized spacial score (nSPS) is 19.8. The molecule has 2 aliphatic rings. The van der Waals surface area contributed by atoms with Crippen LogP contribution in [0.25, 0.3) is 0 Å². The first-order valence-corrected chi connectivity index (χ1v) is 10.2. The van der Waals surface area contributed by atoms with Gasteiger partial charge in [-0.25, -0.2) is 37.3 Å². The minimum atomic E-state index is -4.94. The van der Waals surface area contributed by atoms with E-state index in [0.717, 1.165) is 12.1 Å². The van der Waals surface area contributed by atoms with Crippen LogP contribution in [0.5, 0.6) is 0 Å². The predicted octanol–water partition coefficient (Wildman–Crippen LogP) is -8.39. The molecule has 0 amide bonds. The zero-order valence-corrected chi connectivity index (χ0v) is 15.2. The van der Waals surface area contributed by atoms with Crippen molar-refractivity contribution in [3.63, 3.8) is 0 Å². The van der Waals surface area contributed by atoms with Crippen LogP contribution in [0.1, 0.15) is 64.2 Å². The summed E-state index contributed by atoms with van der Waals surface area (Å²) in [6.07, 6.45) is 14.1. The Balaban J connectivity index is 0. The van der Waals surface area contributed by atoms with Crippen molar-refractivity contribution in [1.29, 1.82) is 0 Å². The maximum atomic E-state index is 8.49. The largest absolute Gasteiger partial charge is 0.355 e. The van der Waals surface area contributed by atoms with E-state index in [9.17, 15) is 0 Å². The van der Waals surface area contributed by atoms with E-state index in [4.69, 9.17) is 37.3 Å². The molecule has 0 aliphatic heterocycles. The molecule has 2 saturated carbocycles. The van der Waals surface area contributed by atoms with Gasteiger partial charge in [-0.05, 0) is 51.4 Å². The van der Waals surface area contributed by atoms with Gasteiger partial charge in [-0.3, -0.25) is 0 Å². The fourth-order valence-corrected chi connectivity index (χ4v) is 2.37. The molecule has 2 rings (SSSR count). The van der Waals surface area contributed by atoms with Gasteiger partial charge >= 0.3 is 0 Å². The summed E-state index contributed by atoms with van der Waals surface area (Å²) in [6, 6.07) is 1.57. The van der Waals surface area contributed by atoms with Crippen LogP contribution >= 0.6 is 0 Å². The second-order valence-electron chi connectivity index (χ2n) is 5.76. The molecule has 0 aromatic rings. The molecule has 6 N–H and O–H groups in total. The van der Waals surface area contributed by atoms with Gasteiger partial charge in [0.2, 0.25) is 0 Å². The van der Waals surface area contributed by atoms with Gasteiger partial charge in [-0.1, -0.05) is 12.8 Å². The smallest absolute Gasteiger partial charge is 0.0843 e. The molecule has 0 spiro atoms. The highest BCUT2D eigenvalue weighted by molar-refractivity contribution is 4.61. The lowest BCUT2D eigenvalue weighted by molar-refractivity contribution is -2.00. The lowest BCUT2D eigenvalue weighted by Gasteiger charge is -2.17. The first-order valence-electron chi connectivity index (χ1n) is 7.68. The van der Waals surface area contributed by atoms with Crippen molar-refractivity contribution in [3.05, 3.63) is 0 Å². The fourth-order valence-electron chi connectivity index (χ4n) is 2.37. The second-order valence-corrected chi connectivity index (χ2v) is 7.28. The molecule has 0 unspecified atom stereocenters. The van der Waals surface area contributed by atoms with Crippen LogP contribution in [-0.4, -0.2) is 12.1 Å². The standard InChI is InChI=1S/2C6H13N.2ClHO4/c2*7-6-4-2-1-3-5-6;2*2-1(3,4)5/h2*6H,1-5,7H2;2*(H,2,3,4,5). The van der Waals surface area contributed by atoms with Crippen LogP contribution in [0.2, 0.25) is 0 Å². The highest BCUT2D eigenvalue weighted by Gasteiger charge is 2.10. The third kappa shape index (κ3) is 38.0. The topological polar surface area (TPSA) is 240 Å². The van der Waals surface area contributed by atoms with Crippen LogP contribution in [0.4, 0.5) is 0 Å². The Bertz CT molecular complexity index is 237. The van der Waals surface area contributed by atoms with E-state index in [0.29, 0.717) is 0 Å². The Hall–Kier alpha value is 0.180. The molecule has 0 saturated heterocycles. The van der Waals surface area contributed by atoms with Gasteiger partial charge in [0, 0.05) is 0 Å². The predicted molar refractivity (Wildman–Crippen MR) is 59.5 cm³/mol. The van der Waals surface area contributed by atoms with Gasteiger partial charge in [0.05, 0.1) is 12.1 Å². The summed E-state index contributed by atoms with van der Waals surface area (Å²) in [7, 11) is -9.89. The molecule has 0 atom stereocenters. The number of hydrogen-bond acceptors (Lipinski definition) is 8. The van der Waals surface area contributed by atoms with E-state index in [1.807, 2.05) is 0 Å². The average Bonchev–Trinajstić information content (AvgIpc) is 2.37. The van der Waals surface area contributed by atoms with Crippen molar-refractivity contribution in [1.82, 2.24) is 0 Å². The molecule has 2 aliphatic carbocycles. The molecular weight excluding hydrogens is 371 g/mol. The minimum Gasteiger partial charge on any atom is -0.355 e. The second kappa shape index (κ2) is 14.4. The van der Waals surface area contributed by atoms with Gasteiger partial charge < -0.3 is 11.5 Å². The first-order chi connectivity index (χ1) is 10.8. The van der Waals surface area contributed by atoms with Crippen molar-refractivity contribution < 1.29 is 69.2 Å². The van der Waals surface area contributed by atoms with Crippen molar-refractivity contribution >= 4 is 0 Å². The van der Waals surface area contributed by atoms with Crippen molar-refractivity contribution in [2.24, 2.45) is 0 Å². The lowest BCUT2D eigenvalue weighted by atomic mass is 9.97. The quantitative estimate of drug-likeness (QED) is 0.395. The molecule has 10 nitrogen and oxygen atoms in total. The monoisotopic (exact) mass is 398 g/mol. The van der Waals surface area contributed by atoms with Crippen LogP contribution in [0.15, 0.2) is 0 Å². The van der Waals surface area contributed by atoms with Gasteiger partial charge in [0.1, 0.15) is 0 Å². The Morgan fingerprint density at radius 3 is 0.708 bits per heavy atom. The Morgan fingerprint density at radius 1 is 0.458 bits per heavy atom. The van der Waals surface area contributed by atoms with Gasteiger partial charge in [-0.15, -0.1) is 20.5 Å². The molecule has 148 valence electrons. The Labute approximate surface area is 146 Å². The maximum Gasteiger partial charge on any atom is 0.0843 e. The summed E-state index contributed by atoms with van der Waals surface area (Å²) >= 11 is 0. The highest BCUT2D eigenvalue weighted by Crippen LogP contribution is 2.14. The van der Waals surface area contributed by atoms with Crippen LogP contribution in [-0.2, 0) is 0 Å². The maximum absolute atomic E-state index is 8.49. The van der Waals surface area contributed by atoms with E-state index in [2.05, 4.69) is 11.5 Å². The van der Waals surface area contributed by atoms with E-state index in [-0.39, 0.29) is 0 Å². The number of halogens is 2. The Morgan fingerprint density at radius 2 is 0.625 bits per heavy atom. The molecule has 0 heterocycles. The molecule has 24 heavy (non-hydrogen) atoms. The Kier molecular flexibility index (Phi) is 15.8. The fraction of sp³-hybridized carbons (Fsp3) is 1.00. The van der Waals surface area contributed by atoms with Crippen molar-refractivity contribution in [2.45, 2.75) is 76.3 Å².